The average molecular weight is 483 g/mol. The van der Waals surface area contributed by atoms with Crippen molar-refractivity contribution in [3.8, 4) is 0 Å². The van der Waals surface area contributed by atoms with Gasteiger partial charge in [-0.3, -0.25) is 9.59 Å². The molecule has 1 aliphatic rings. The van der Waals surface area contributed by atoms with E-state index in [9.17, 15) is 14.4 Å². The highest BCUT2D eigenvalue weighted by atomic mass is 16.6. The number of methoxy groups -OCH3 is 1. The van der Waals surface area contributed by atoms with E-state index in [4.69, 9.17) is 14.2 Å². The first-order valence-corrected chi connectivity index (χ1v) is 11.8. The van der Waals surface area contributed by atoms with Gasteiger partial charge in [-0.1, -0.05) is 30.4 Å². The van der Waals surface area contributed by atoms with E-state index < -0.39 is 17.1 Å². The monoisotopic (exact) mass is 482 g/mol. The lowest BCUT2D eigenvalue weighted by Crippen LogP contribution is -2.47. The van der Waals surface area contributed by atoms with E-state index in [1.54, 1.807) is 11.8 Å². The van der Waals surface area contributed by atoms with E-state index in [0.717, 1.165) is 16.5 Å². The molecule has 8 nitrogen and oxygen atoms in total. The number of rotatable bonds is 5. The summed E-state index contributed by atoms with van der Waals surface area (Å²) in [7, 11) is 1.38. The molecule has 0 saturated carbocycles. The minimum atomic E-state index is -0.832. The van der Waals surface area contributed by atoms with E-state index in [1.807, 2.05) is 63.3 Å². The van der Waals surface area contributed by atoms with E-state index in [2.05, 4.69) is 4.98 Å². The molecule has 8 heteroatoms. The van der Waals surface area contributed by atoms with Gasteiger partial charge in [0.05, 0.1) is 23.7 Å². The number of hydrogen-bond donors (Lipinski definition) is 0. The number of aromatic nitrogens is 1. The first-order chi connectivity index (χ1) is 16.4. The van der Waals surface area contributed by atoms with Crippen LogP contribution in [0.3, 0.4) is 0 Å². The molecular formula is C27H34N2O6. The Hall–Kier alpha value is -3.42. The molecule has 3 rings (SSSR count). The fraction of sp³-hybridized carbons (Fsp3) is 0.481. The Morgan fingerprint density at radius 1 is 1.11 bits per heavy atom. The minimum Gasteiger partial charge on any atom is -0.468 e. The Kier molecular flexibility index (Phi) is 7.83. The number of esters is 2. The number of amides is 1. The van der Waals surface area contributed by atoms with E-state index in [-0.39, 0.29) is 18.0 Å². The van der Waals surface area contributed by atoms with Gasteiger partial charge in [0.1, 0.15) is 11.7 Å². The summed E-state index contributed by atoms with van der Waals surface area (Å²) < 4.78 is 15.8. The summed E-state index contributed by atoms with van der Waals surface area (Å²) in [6.07, 6.45) is 3.81. The molecule has 0 radical (unpaired) electrons. The Morgan fingerprint density at radius 2 is 1.77 bits per heavy atom. The number of nitrogens with zero attached hydrogens (tertiary/aromatic N) is 2. The van der Waals surface area contributed by atoms with Crippen molar-refractivity contribution in [2.45, 2.75) is 59.2 Å². The van der Waals surface area contributed by atoms with Gasteiger partial charge in [-0.2, -0.15) is 0 Å². The number of pyridine rings is 1. The van der Waals surface area contributed by atoms with Gasteiger partial charge in [-0.15, -0.1) is 0 Å². The predicted octanol–water partition coefficient (Wildman–Crippen LogP) is 5.06. The Balaban J connectivity index is 1.80. The fourth-order valence-corrected chi connectivity index (χ4v) is 4.10. The van der Waals surface area contributed by atoms with Crippen molar-refractivity contribution >= 4 is 35.0 Å². The number of benzene rings is 1. The van der Waals surface area contributed by atoms with Crippen LogP contribution < -0.4 is 0 Å². The molecule has 1 atom stereocenters. The number of carbonyl (C=O) groups is 3. The molecule has 0 N–H and O–H groups in total. The van der Waals surface area contributed by atoms with E-state index in [0.29, 0.717) is 31.6 Å². The standard InChI is InChI=1S/C27H34N2O6/c1-18(34-19(2)30)22-10-9-21-8-7-20(17-23(21)28-22)11-12-27(24(31)33-6)13-15-29(16-14-27)25(32)35-26(3,4)5/h7-12,17-18H,13-16H2,1-6H3/b12-11+/t18-/m1/s1. The lowest BCUT2D eigenvalue weighted by atomic mass is 9.77. The van der Waals surface area contributed by atoms with Crippen molar-refractivity contribution in [1.29, 1.82) is 0 Å². The quantitative estimate of drug-likeness (QED) is 0.434. The zero-order valence-corrected chi connectivity index (χ0v) is 21.3. The third kappa shape index (κ3) is 6.59. The van der Waals surface area contributed by atoms with Crippen molar-refractivity contribution < 1.29 is 28.6 Å². The number of piperidine rings is 1. The van der Waals surface area contributed by atoms with Gasteiger partial charge >= 0.3 is 18.0 Å². The van der Waals surface area contributed by atoms with Crippen LogP contribution in [0.25, 0.3) is 17.0 Å². The fourth-order valence-electron chi connectivity index (χ4n) is 4.10. The SMILES string of the molecule is COC(=O)C1(/C=C/c2ccc3ccc([C@@H](C)OC(C)=O)nc3c2)CCN(C(=O)OC(C)(C)C)CC1. The highest BCUT2D eigenvalue weighted by Gasteiger charge is 2.42. The van der Waals surface area contributed by atoms with Crippen LogP contribution in [0.1, 0.15) is 64.8 Å². The summed E-state index contributed by atoms with van der Waals surface area (Å²) >= 11 is 0. The molecule has 0 aliphatic carbocycles. The lowest BCUT2D eigenvalue weighted by molar-refractivity contribution is -0.152. The van der Waals surface area contributed by atoms with Crippen LogP contribution in [0.4, 0.5) is 4.79 Å². The van der Waals surface area contributed by atoms with Crippen molar-refractivity contribution in [3.05, 3.63) is 47.7 Å². The molecule has 1 aromatic heterocycles. The van der Waals surface area contributed by atoms with Crippen molar-refractivity contribution in [1.82, 2.24) is 9.88 Å². The number of ether oxygens (including phenoxy) is 3. The number of carbonyl (C=O) groups excluding carboxylic acids is 3. The number of hydrogen-bond acceptors (Lipinski definition) is 7. The van der Waals surface area contributed by atoms with Gasteiger partial charge < -0.3 is 19.1 Å². The topological polar surface area (TPSA) is 95.0 Å². The van der Waals surface area contributed by atoms with Crippen LogP contribution in [0, 0.1) is 5.41 Å². The molecule has 1 saturated heterocycles. The van der Waals surface area contributed by atoms with Crippen LogP contribution in [0.5, 0.6) is 0 Å². The van der Waals surface area contributed by atoms with Crippen molar-refractivity contribution in [2.75, 3.05) is 20.2 Å². The molecular weight excluding hydrogens is 448 g/mol. The van der Waals surface area contributed by atoms with Crippen LogP contribution in [-0.2, 0) is 23.8 Å². The van der Waals surface area contributed by atoms with Gasteiger partial charge in [0.2, 0.25) is 0 Å². The molecule has 1 aromatic carbocycles. The molecule has 2 heterocycles. The van der Waals surface area contributed by atoms with Crippen LogP contribution in [0.15, 0.2) is 36.4 Å². The highest BCUT2D eigenvalue weighted by Crippen LogP contribution is 2.36. The van der Waals surface area contributed by atoms with Gasteiger partial charge in [0.25, 0.3) is 0 Å². The van der Waals surface area contributed by atoms with Crippen molar-refractivity contribution in [2.24, 2.45) is 5.41 Å². The smallest absolute Gasteiger partial charge is 0.410 e. The third-order valence-corrected chi connectivity index (χ3v) is 5.99. The lowest BCUT2D eigenvalue weighted by Gasteiger charge is -2.38. The second-order valence-corrected chi connectivity index (χ2v) is 9.89. The first-order valence-electron chi connectivity index (χ1n) is 11.8. The summed E-state index contributed by atoms with van der Waals surface area (Å²) in [6, 6.07) is 9.62. The largest absolute Gasteiger partial charge is 0.468 e. The third-order valence-electron chi connectivity index (χ3n) is 5.99. The highest BCUT2D eigenvalue weighted by molar-refractivity contribution is 5.84. The molecule has 1 fully saturated rings. The molecule has 1 aliphatic heterocycles. The molecule has 2 aromatic rings. The van der Waals surface area contributed by atoms with Crippen molar-refractivity contribution in [3.63, 3.8) is 0 Å². The summed E-state index contributed by atoms with van der Waals surface area (Å²) in [5.74, 6) is -0.684. The number of likely N-dealkylation sites (tertiary alicyclic amines) is 1. The number of fused-ring (bicyclic) bond motifs is 1. The van der Waals surface area contributed by atoms with Gasteiger partial charge in [-0.25, -0.2) is 9.78 Å². The minimum absolute atomic E-state index is 0.325. The Labute approximate surface area is 206 Å². The van der Waals surface area contributed by atoms with Gasteiger partial charge in [-0.05, 0) is 58.2 Å². The molecule has 1 amide bonds. The Bertz CT molecular complexity index is 1130. The maximum atomic E-state index is 12.8. The summed E-state index contributed by atoms with van der Waals surface area (Å²) in [6.45, 7) is 9.42. The zero-order valence-electron chi connectivity index (χ0n) is 21.3. The molecule has 35 heavy (non-hydrogen) atoms. The summed E-state index contributed by atoms with van der Waals surface area (Å²) in [4.78, 5) is 42.8. The maximum absolute atomic E-state index is 12.8. The Morgan fingerprint density at radius 3 is 2.37 bits per heavy atom. The second-order valence-electron chi connectivity index (χ2n) is 9.89. The zero-order chi connectivity index (χ0) is 25.8. The van der Waals surface area contributed by atoms with E-state index >= 15 is 0 Å². The predicted molar refractivity (Wildman–Crippen MR) is 132 cm³/mol. The normalized spacial score (nSPS) is 16.7. The molecule has 0 unspecified atom stereocenters. The van der Waals surface area contributed by atoms with Gasteiger partial charge in [0, 0.05) is 25.4 Å². The first kappa shape index (κ1) is 26.2. The molecule has 0 spiro atoms. The molecule has 0 bridgehead atoms. The van der Waals surface area contributed by atoms with Crippen LogP contribution in [0.2, 0.25) is 0 Å². The van der Waals surface area contributed by atoms with Gasteiger partial charge in [0.15, 0.2) is 0 Å². The summed E-state index contributed by atoms with van der Waals surface area (Å²) in [5, 5.41) is 0.953. The molecule has 188 valence electrons. The average Bonchev–Trinajstić information content (AvgIpc) is 2.80. The summed E-state index contributed by atoms with van der Waals surface area (Å²) in [5.41, 5.74) is 0.889. The van der Waals surface area contributed by atoms with Crippen LogP contribution >= 0.6 is 0 Å². The van der Waals surface area contributed by atoms with Crippen LogP contribution in [-0.4, -0.2) is 53.7 Å². The maximum Gasteiger partial charge on any atom is 0.410 e. The second kappa shape index (κ2) is 10.5. The van der Waals surface area contributed by atoms with E-state index in [1.165, 1.54) is 14.0 Å².